The van der Waals surface area contributed by atoms with Crippen LogP contribution in [0.15, 0.2) is 12.3 Å². The topological polar surface area (TPSA) is 113 Å². The van der Waals surface area contributed by atoms with Crippen molar-refractivity contribution in [3.63, 3.8) is 0 Å². The molecule has 1 fully saturated rings. The van der Waals surface area contributed by atoms with Gasteiger partial charge in [0.15, 0.2) is 0 Å². The Bertz CT molecular complexity index is 707. The predicted molar refractivity (Wildman–Crippen MR) is 85.9 cm³/mol. The highest BCUT2D eigenvalue weighted by atomic mass is 32.2. The molecule has 1 aliphatic heterocycles. The number of sulfonamides is 1. The lowest BCUT2D eigenvalue weighted by atomic mass is 10.0. The third kappa shape index (κ3) is 3.93. The highest BCUT2D eigenvalue weighted by Crippen LogP contribution is 2.21. The Morgan fingerprint density at radius 3 is 2.46 bits per heavy atom. The number of amides is 1. The third-order valence-electron chi connectivity index (χ3n) is 4.23. The standard InChI is InChI=1S/C14H22N4O5S/c1-3-24(22,23)17-8-5-11(6-9-17)18(10-13(19)20)14(21)12-4-7-15-16(12)2/h4,7,11H,3,5-6,8-10H2,1-2H3,(H,19,20). The van der Waals surface area contributed by atoms with Crippen molar-refractivity contribution >= 4 is 21.9 Å². The van der Waals surface area contributed by atoms with Gasteiger partial charge >= 0.3 is 5.97 Å². The number of nitrogens with zero attached hydrogens (tertiary/aromatic N) is 4. The van der Waals surface area contributed by atoms with Crippen molar-refractivity contribution in [3.8, 4) is 0 Å². The number of carboxylic acid groups (broad SMARTS) is 1. The fourth-order valence-corrected chi connectivity index (χ4v) is 3.99. The molecule has 0 atom stereocenters. The van der Waals surface area contributed by atoms with Gasteiger partial charge in [0.25, 0.3) is 5.91 Å². The Balaban J connectivity index is 2.14. The quantitative estimate of drug-likeness (QED) is 0.751. The maximum absolute atomic E-state index is 12.7. The van der Waals surface area contributed by atoms with E-state index >= 15 is 0 Å². The van der Waals surface area contributed by atoms with Gasteiger partial charge in [-0.15, -0.1) is 0 Å². The molecule has 0 bridgehead atoms. The van der Waals surface area contributed by atoms with E-state index in [1.165, 1.54) is 26.2 Å². The van der Waals surface area contributed by atoms with E-state index in [9.17, 15) is 18.0 Å². The number of carbonyl (C=O) groups is 2. The second kappa shape index (κ2) is 7.31. The molecule has 0 saturated carbocycles. The molecule has 24 heavy (non-hydrogen) atoms. The van der Waals surface area contributed by atoms with E-state index in [1.807, 2.05) is 0 Å². The monoisotopic (exact) mass is 358 g/mol. The summed E-state index contributed by atoms with van der Waals surface area (Å²) in [5.41, 5.74) is 0.305. The summed E-state index contributed by atoms with van der Waals surface area (Å²) in [6, 6.07) is 1.22. The van der Waals surface area contributed by atoms with Crippen molar-refractivity contribution in [2.75, 3.05) is 25.4 Å². The number of aromatic nitrogens is 2. The van der Waals surface area contributed by atoms with Crippen LogP contribution in [-0.4, -0.2) is 75.8 Å². The lowest BCUT2D eigenvalue weighted by molar-refractivity contribution is -0.138. The van der Waals surface area contributed by atoms with Crippen LogP contribution < -0.4 is 0 Å². The Morgan fingerprint density at radius 1 is 1.38 bits per heavy atom. The maximum atomic E-state index is 12.7. The molecular weight excluding hydrogens is 336 g/mol. The van der Waals surface area contributed by atoms with Crippen LogP contribution in [0.5, 0.6) is 0 Å². The van der Waals surface area contributed by atoms with Gasteiger partial charge in [-0.25, -0.2) is 12.7 Å². The largest absolute Gasteiger partial charge is 0.480 e. The first-order valence-corrected chi connectivity index (χ1v) is 9.35. The van der Waals surface area contributed by atoms with Crippen molar-refractivity contribution in [2.45, 2.75) is 25.8 Å². The zero-order chi connectivity index (χ0) is 17.9. The van der Waals surface area contributed by atoms with Gasteiger partial charge in [0, 0.05) is 32.4 Å². The van der Waals surface area contributed by atoms with Crippen LogP contribution in [0.25, 0.3) is 0 Å². The average Bonchev–Trinajstić information content (AvgIpc) is 2.98. The van der Waals surface area contributed by atoms with Crippen LogP contribution in [0.3, 0.4) is 0 Å². The molecule has 134 valence electrons. The lowest BCUT2D eigenvalue weighted by Gasteiger charge is -2.37. The third-order valence-corrected chi connectivity index (χ3v) is 6.11. The summed E-state index contributed by atoms with van der Waals surface area (Å²) in [6.45, 7) is 1.74. The van der Waals surface area contributed by atoms with Crippen molar-refractivity contribution < 1.29 is 23.1 Å². The van der Waals surface area contributed by atoms with Crippen LogP contribution in [-0.2, 0) is 21.9 Å². The first kappa shape index (κ1) is 18.4. The summed E-state index contributed by atoms with van der Waals surface area (Å²) in [5, 5.41) is 13.1. The predicted octanol–water partition coefficient (Wildman–Crippen LogP) is -0.239. The fourth-order valence-electron chi connectivity index (χ4n) is 2.86. The van der Waals surface area contributed by atoms with E-state index in [0.717, 1.165) is 0 Å². The van der Waals surface area contributed by atoms with Gasteiger partial charge in [-0.1, -0.05) is 0 Å². The molecule has 1 amide bonds. The van der Waals surface area contributed by atoms with Crippen molar-refractivity contribution in [1.29, 1.82) is 0 Å². The van der Waals surface area contributed by atoms with Crippen LogP contribution >= 0.6 is 0 Å². The van der Waals surface area contributed by atoms with Gasteiger partial charge in [0.1, 0.15) is 12.2 Å². The van der Waals surface area contributed by atoms with Crippen LogP contribution in [0, 0.1) is 0 Å². The number of aliphatic carboxylic acids is 1. The highest BCUT2D eigenvalue weighted by Gasteiger charge is 2.33. The van der Waals surface area contributed by atoms with E-state index in [-0.39, 0.29) is 24.9 Å². The van der Waals surface area contributed by atoms with E-state index in [4.69, 9.17) is 5.11 Å². The number of aryl methyl sites for hydroxylation is 1. The molecule has 1 saturated heterocycles. The zero-order valence-electron chi connectivity index (χ0n) is 13.8. The van der Waals surface area contributed by atoms with E-state index in [2.05, 4.69) is 5.10 Å². The Hall–Kier alpha value is -1.94. The van der Waals surface area contributed by atoms with E-state index in [1.54, 1.807) is 14.0 Å². The highest BCUT2D eigenvalue weighted by molar-refractivity contribution is 7.89. The first-order chi connectivity index (χ1) is 11.3. The van der Waals surface area contributed by atoms with Gasteiger partial charge < -0.3 is 10.0 Å². The number of hydrogen-bond donors (Lipinski definition) is 1. The number of piperidine rings is 1. The summed E-state index contributed by atoms with van der Waals surface area (Å²) in [5.74, 6) is -1.48. The van der Waals surface area contributed by atoms with E-state index in [0.29, 0.717) is 18.5 Å². The molecule has 1 aliphatic rings. The molecule has 0 aromatic carbocycles. The minimum Gasteiger partial charge on any atom is -0.480 e. The van der Waals surface area contributed by atoms with Crippen molar-refractivity contribution in [2.24, 2.45) is 7.05 Å². The minimum atomic E-state index is -3.26. The van der Waals surface area contributed by atoms with Gasteiger partial charge in [-0.3, -0.25) is 14.3 Å². The molecule has 1 aromatic rings. The molecule has 1 aromatic heterocycles. The first-order valence-electron chi connectivity index (χ1n) is 7.75. The molecule has 1 N–H and O–H groups in total. The van der Waals surface area contributed by atoms with Crippen LogP contribution in [0.1, 0.15) is 30.3 Å². The number of hydrogen-bond acceptors (Lipinski definition) is 5. The molecule has 2 heterocycles. The fraction of sp³-hybridized carbons (Fsp3) is 0.643. The molecule has 9 nitrogen and oxygen atoms in total. The molecule has 0 radical (unpaired) electrons. The molecule has 2 rings (SSSR count). The maximum Gasteiger partial charge on any atom is 0.323 e. The summed E-state index contributed by atoms with van der Waals surface area (Å²) < 4.78 is 26.6. The second-order valence-electron chi connectivity index (χ2n) is 5.70. The van der Waals surface area contributed by atoms with Gasteiger partial charge in [-0.2, -0.15) is 5.10 Å². The molecule has 10 heteroatoms. The number of carbonyl (C=O) groups excluding carboxylic acids is 1. The zero-order valence-corrected chi connectivity index (χ0v) is 14.6. The SMILES string of the molecule is CCS(=O)(=O)N1CCC(N(CC(=O)O)C(=O)c2ccnn2C)CC1. The molecule has 0 unspecified atom stereocenters. The Morgan fingerprint density at radius 2 is 2.00 bits per heavy atom. The summed E-state index contributed by atoms with van der Waals surface area (Å²) in [4.78, 5) is 25.1. The molecule has 0 aliphatic carbocycles. The summed E-state index contributed by atoms with van der Waals surface area (Å²) in [6.07, 6.45) is 2.30. The smallest absolute Gasteiger partial charge is 0.323 e. The second-order valence-corrected chi connectivity index (χ2v) is 7.96. The van der Waals surface area contributed by atoms with E-state index < -0.39 is 28.4 Å². The number of rotatable bonds is 6. The Labute approximate surface area is 140 Å². The number of carboxylic acids is 1. The van der Waals surface area contributed by atoms with Crippen LogP contribution in [0.4, 0.5) is 0 Å². The molecule has 0 spiro atoms. The summed E-state index contributed by atoms with van der Waals surface area (Å²) >= 11 is 0. The minimum absolute atomic E-state index is 0.0322. The average molecular weight is 358 g/mol. The normalized spacial score (nSPS) is 16.9. The lowest BCUT2D eigenvalue weighted by Crippen LogP contribution is -2.50. The van der Waals surface area contributed by atoms with Crippen molar-refractivity contribution in [3.05, 3.63) is 18.0 Å². The van der Waals surface area contributed by atoms with Gasteiger partial charge in [-0.05, 0) is 25.8 Å². The van der Waals surface area contributed by atoms with Crippen molar-refractivity contribution in [1.82, 2.24) is 19.0 Å². The van der Waals surface area contributed by atoms with Crippen LogP contribution in [0.2, 0.25) is 0 Å². The molecular formula is C14H22N4O5S. The van der Waals surface area contributed by atoms with Gasteiger partial charge in [0.2, 0.25) is 10.0 Å². The Kier molecular flexibility index (Phi) is 5.60. The summed E-state index contributed by atoms with van der Waals surface area (Å²) in [7, 11) is -1.65. The van der Waals surface area contributed by atoms with Gasteiger partial charge in [0.05, 0.1) is 5.75 Å².